The Bertz CT molecular complexity index is 2740. The number of ether oxygens (including phenoxy) is 3. The first kappa shape index (κ1) is 62.8. The summed E-state index contributed by atoms with van der Waals surface area (Å²) < 4.78 is 33.5. The minimum atomic E-state index is -2.75. The molecule has 2 amide bonds. The number of aliphatic carboxylic acids is 1. The van der Waals surface area contributed by atoms with Gasteiger partial charge in [0.1, 0.15) is 36.2 Å². The van der Waals surface area contributed by atoms with Crippen molar-refractivity contribution >= 4 is 34.6 Å². The minimum absolute atomic E-state index is 0.0434. The summed E-state index contributed by atoms with van der Waals surface area (Å²) in [6.45, 7) is 21.7. The van der Waals surface area contributed by atoms with E-state index in [4.69, 9.17) is 23.1 Å². The first-order valence-corrected chi connectivity index (χ1v) is 34.0. The normalized spacial score (nSPS) is 18.8. The number of carboxylic acid groups (broad SMARTS) is 1. The van der Waals surface area contributed by atoms with Crippen LogP contribution in [-0.4, -0.2) is 118 Å². The van der Waals surface area contributed by atoms with E-state index in [0.717, 1.165) is 43.1 Å². The fourth-order valence-corrected chi connectivity index (χ4v) is 12.9. The van der Waals surface area contributed by atoms with Gasteiger partial charge in [-0.25, -0.2) is 9.59 Å². The van der Waals surface area contributed by atoms with Crippen LogP contribution in [-0.2, 0) is 34.5 Å². The van der Waals surface area contributed by atoms with E-state index in [0.29, 0.717) is 43.0 Å². The minimum Gasteiger partial charge on any atom is -0.497 e. The van der Waals surface area contributed by atoms with Gasteiger partial charge in [-0.1, -0.05) is 121 Å². The van der Waals surface area contributed by atoms with Crippen molar-refractivity contribution < 1.29 is 47.7 Å². The number of carboxylic acids is 1. The van der Waals surface area contributed by atoms with E-state index in [1.807, 2.05) is 0 Å². The van der Waals surface area contributed by atoms with Crippen LogP contribution in [0.5, 0.6) is 5.75 Å². The monoisotopic (exact) mass is 1130 g/mol. The number of hydrogen-bond acceptors (Lipinski definition) is 12. The highest BCUT2D eigenvalue weighted by Gasteiger charge is 2.57. The van der Waals surface area contributed by atoms with Crippen molar-refractivity contribution in [2.45, 2.75) is 185 Å². The van der Waals surface area contributed by atoms with E-state index in [2.05, 4.69) is 132 Å². The van der Waals surface area contributed by atoms with Gasteiger partial charge in [-0.2, -0.15) is 0 Å². The summed E-state index contributed by atoms with van der Waals surface area (Å²) in [5.41, 5.74) is 4.68. The summed E-state index contributed by atoms with van der Waals surface area (Å²) in [4.78, 5) is 66.1. The van der Waals surface area contributed by atoms with Crippen LogP contribution >= 0.6 is 0 Å². The zero-order valence-electron chi connectivity index (χ0n) is 48.8. The summed E-state index contributed by atoms with van der Waals surface area (Å²) in [6.07, 6.45) is 1.86. The van der Waals surface area contributed by atoms with E-state index in [1.165, 1.54) is 46.2 Å². The molecule has 2 aliphatic rings. The first-order chi connectivity index (χ1) is 37.3. The summed E-state index contributed by atoms with van der Waals surface area (Å²) in [7, 11) is -2.57. The molecule has 5 N–H and O–H groups in total. The molecule has 1 saturated heterocycles. The second-order valence-corrected chi connectivity index (χ2v) is 33.9. The van der Waals surface area contributed by atoms with Crippen LogP contribution in [0.4, 0.5) is 4.79 Å². The predicted octanol–water partition coefficient (Wildman–Crippen LogP) is 9.56. The standard InChI is InChI=1S/C60H89N5O12Si2/c1-59(2,3)78(9,10)76-53-52(75-55(54(53)77-79(11,12)60(4,5)6)64-38-34-48(67)65(58(64)72)39-40-30-32-42(73-7)33-31-40)51(68)50(56(69)70)62-37-22-36-61-47(66)29-21-24-41(23-15-13-14-20-35-63-57(71)74-8)49-45-27-18-16-25-43(45)44-26-17-19-28-46(44)49/h16-19,25-28,30-34,38,41,49-55,62,68H,13-15,20-24,29,35-37,39H2,1-12H3,(H,61,66)(H,63,71)(H,69,70)/t41?,50-,51?,52+,53+,54+,55+/m0/s1. The number of fused-ring (bicyclic) bond motifs is 3. The molecule has 434 valence electrons. The highest BCUT2D eigenvalue weighted by molar-refractivity contribution is 6.74. The molecule has 1 aliphatic heterocycles. The summed E-state index contributed by atoms with van der Waals surface area (Å²) in [6, 6.07) is 24.0. The molecule has 2 heterocycles. The molecule has 0 radical (unpaired) electrons. The van der Waals surface area contributed by atoms with E-state index in [1.54, 1.807) is 31.4 Å². The van der Waals surface area contributed by atoms with Gasteiger partial charge in [-0.05, 0) is 121 Å². The molecule has 1 aliphatic carbocycles. The lowest BCUT2D eigenvalue weighted by Crippen LogP contribution is -2.59. The second kappa shape index (κ2) is 27.4. The van der Waals surface area contributed by atoms with Gasteiger partial charge in [0, 0.05) is 37.7 Å². The smallest absolute Gasteiger partial charge is 0.406 e. The van der Waals surface area contributed by atoms with E-state index in [-0.39, 0.29) is 41.5 Å². The Morgan fingerprint density at radius 1 is 0.709 bits per heavy atom. The lowest BCUT2D eigenvalue weighted by Gasteiger charge is -2.44. The molecule has 0 bridgehead atoms. The average molecular weight is 1130 g/mol. The highest BCUT2D eigenvalue weighted by atomic mass is 28.4. The Kier molecular flexibility index (Phi) is 21.7. The number of carbonyl (C=O) groups excluding carboxylic acids is 2. The molecule has 7 atom stereocenters. The van der Waals surface area contributed by atoms with Crippen LogP contribution in [0.2, 0.25) is 36.3 Å². The number of hydrogen-bond donors (Lipinski definition) is 5. The Hall–Kier alpha value is -5.42. The molecule has 17 nitrogen and oxygen atoms in total. The molecule has 79 heavy (non-hydrogen) atoms. The maximum Gasteiger partial charge on any atom is 0.406 e. The number of methoxy groups -OCH3 is 2. The molecule has 19 heteroatoms. The third-order valence-corrected chi connectivity index (χ3v) is 25.8. The SMILES string of the molecule is COC(=O)NCCCCCCC(CCCC(=O)NCCCN[C@H](C(=O)O)C(O)[C@H]1O[C@@H](n2ccc(=O)n(Cc3ccc(OC)cc3)c2=O)[C@H](O[Si](C)(C)C(C)(C)C)[C@@H]1O[Si](C)(C)C(C)(C)C)C1c2ccccc2-c2ccccc21. The quantitative estimate of drug-likeness (QED) is 0.0265. The maximum atomic E-state index is 14.6. The van der Waals surface area contributed by atoms with Crippen molar-refractivity contribution in [3.05, 3.63) is 123 Å². The van der Waals surface area contributed by atoms with Crippen molar-refractivity contribution in [1.82, 2.24) is 25.1 Å². The molecule has 1 aromatic heterocycles. The van der Waals surface area contributed by atoms with E-state index < -0.39 is 76.6 Å². The molecule has 2 unspecified atom stereocenters. The van der Waals surface area contributed by atoms with Crippen molar-refractivity contribution in [2.75, 3.05) is 33.9 Å². The lowest BCUT2D eigenvalue weighted by atomic mass is 9.78. The molecule has 1 fully saturated rings. The van der Waals surface area contributed by atoms with Gasteiger partial charge in [-0.15, -0.1) is 0 Å². The topological polar surface area (TPSA) is 218 Å². The van der Waals surface area contributed by atoms with Gasteiger partial charge in [0.15, 0.2) is 22.9 Å². The van der Waals surface area contributed by atoms with Crippen molar-refractivity contribution in [1.29, 1.82) is 0 Å². The number of aromatic nitrogens is 2. The number of alkyl carbamates (subject to hydrolysis) is 1. The summed E-state index contributed by atoms with van der Waals surface area (Å²) >= 11 is 0. The number of aliphatic hydroxyl groups excluding tert-OH is 1. The van der Waals surface area contributed by atoms with Crippen LogP contribution in [0.1, 0.15) is 128 Å². The van der Waals surface area contributed by atoms with Gasteiger partial charge in [0.2, 0.25) is 5.91 Å². The summed E-state index contributed by atoms with van der Waals surface area (Å²) in [5.74, 6) is -0.249. The second-order valence-electron chi connectivity index (χ2n) is 24.3. The number of amides is 2. The fraction of sp³-hybridized carbons (Fsp3) is 0.583. The Balaban J connectivity index is 1.14. The zero-order valence-corrected chi connectivity index (χ0v) is 50.8. The van der Waals surface area contributed by atoms with Gasteiger partial charge < -0.3 is 49.2 Å². The number of aliphatic hydroxyl groups is 1. The Morgan fingerprint density at radius 3 is 1.86 bits per heavy atom. The van der Waals surface area contributed by atoms with E-state index >= 15 is 0 Å². The van der Waals surface area contributed by atoms with Gasteiger partial charge >= 0.3 is 17.8 Å². The molecular formula is C60H89N5O12Si2. The fourth-order valence-electron chi connectivity index (χ4n) is 10.3. The first-order valence-electron chi connectivity index (χ1n) is 28.2. The van der Waals surface area contributed by atoms with Gasteiger partial charge in [-0.3, -0.25) is 23.5 Å². The number of carbonyl (C=O) groups is 3. The average Bonchev–Trinajstić information content (AvgIpc) is 4.15. The number of nitrogens with zero attached hydrogens (tertiary/aromatic N) is 2. The number of benzene rings is 3. The van der Waals surface area contributed by atoms with Crippen molar-refractivity contribution in [3.63, 3.8) is 0 Å². The maximum absolute atomic E-state index is 14.6. The number of nitrogens with one attached hydrogen (secondary N) is 3. The molecule has 0 saturated carbocycles. The molecule has 0 spiro atoms. The number of unbranched alkanes of at least 4 members (excludes halogenated alkanes) is 3. The third-order valence-electron chi connectivity index (χ3n) is 16.8. The van der Waals surface area contributed by atoms with Gasteiger partial charge in [0.05, 0.1) is 20.8 Å². The van der Waals surface area contributed by atoms with Crippen LogP contribution in [0.15, 0.2) is 94.6 Å². The van der Waals surface area contributed by atoms with Gasteiger partial charge in [0.25, 0.3) is 5.56 Å². The largest absolute Gasteiger partial charge is 0.497 e. The zero-order chi connectivity index (χ0) is 57.9. The Morgan fingerprint density at radius 2 is 1.28 bits per heavy atom. The lowest BCUT2D eigenvalue weighted by molar-refractivity contribution is -0.149. The third kappa shape index (κ3) is 15.7. The van der Waals surface area contributed by atoms with Crippen molar-refractivity contribution in [3.8, 4) is 16.9 Å². The van der Waals surface area contributed by atoms with E-state index in [9.17, 15) is 34.2 Å². The summed E-state index contributed by atoms with van der Waals surface area (Å²) in [5, 5.41) is 31.3. The highest BCUT2D eigenvalue weighted by Crippen LogP contribution is 2.51. The van der Waals surface area contributed by atoms with Crippen LogP contribution in [0.25, 0.3) is 11.1 Å². The molecule has 6 rings (SSSR count). The molecular weight excluding hydrogens is 1040 g/mol. The molecule has 4 aromatic rings. The Labute approximate surface area is 469 Å². The van der Waals surface area contributed by atoms with Crippen LogP contribution in [0.3, 0.4) is 0 Å². The number of rotatable bonds is 28. The predicted molar refractivity (Wildman–Crippen MR) is 313 cm³/mol. The van der Waals surface area contributed by atoms with Crippen molar-refractivity contribution in [2.24, 2.45) is 5.92 Å². The molecule has 3 aromatic carbocycles. The van der Waals surface area contributed by atoms with Crippen LogP contribution in [0, 0.1) is 5.92 Å². The van der Waals surface area contributed by atoms with Crippen LogP contribution < -0.4 is 31.9 Å².